The predicted octanol–water partition coefficient (Wildman–Crippen LogP) is 3.02. The molecule has 0 unspecified atom stereocenters. The standard InChI is InChI=1S/C13H11F5O4/c1-2-21-6(19)4-3-5-7(20)22-13-11(17)9(15)8(14)10(16)12(13)18/h2-5H2,1H3. The number of ether oxygens (including phenoxy) is 2. The molecule has 0 aliphatic heterocycles. The van der Waals surface area contributed by atoms with Gasteiger partial charge in [-0.2, -0.15) is 8.78 Å². The second kappa shape index (κ2) is 7.71. The summed E-state index contributed by atoms with van der Waals surface area (Å²) in [5.74, 6) is -14.8. The van der Waals surface area contributed by atoms with Crippen molar-refractivity contribution in [1.82, 2.24) is 0 Å². The highest BCUT2D eigenvalue weighted by Gasteiger charge is 2.28. The van der Waals surface area contributed by atoms with E-state index in [1.54, 1.807) is 6.92 Å². The quantitative estimate of drug-likeness (QED) is 0.265. The minimum Gasteiger partial charge on any atom is -0.466 e. The second-order valence-electron chi connectivity index (χ2n) is 4.03. The Bertz CT molecular complexity index is 559. The molecular formula is C13H11F5O4. The Balaban J connectivity index is 2.71. The number of hydrogen-bond donors (Lipinski definition) is 0. The molecule has 0 aromatic heterocycles. The summed E-state index contributed by atoms with van der Waals surface area (Å²) in [6, 6.07) is 0. The minimum atomic E-state index is -2.35. The zero-order valence-electron chi connectivity index (χ0n) is 11.4. The van der Waals surface area contributed by atoms with Crippen LogP contribution in [0.4, 0.5) is 22.0 Å². The van der Waals surface area contributed by atoms with Crippen LogP contribution < -0.4 is 4.74 Å². The zero-order chi connectivity index (χ0) is 16.9. The van der Waals surface area contributed by atoms with E-state index in [0.717, 1.165) is 0 Å². The Labute approximate surface area is 121 Å². The lowest BCUT2D eigenvalue weighted by Crippen LogP contribution is -2.14. The van der Waals surface area contributed by atoms with Crippen molar-refractivity contribution < 1.29 is 41.0 Å². The number of carbonyl (C=O) groups excluding carboxylic acids is 2. The molecule has 0 amide bonds. The maximum atomic E-state index is 13.2. The fraction of sp³-hybridized carbons (Fsp3) is 0.385. The van der Waals surface area contributed by atoms with Crippen molar-refractivity contribution in [2.24, 2.45) is 0 Å². The molecule has 0 aliphatic carbocycles. The molecular weight excluding hydrogens is 315 g/mol. The molecule has 0 spiro atoms. The zero-order valence-corrected chi connectivity index (χ0v) is 11.4. The molecule has 0 atom stereocenters. The highest BCUT2D eigenvalue weighted by Crippen LogP contribution is 2.29. The first kappa shape index (κ1) is 17.9. The summed E-state index contributed by atoms with van der Waals surface area (Å²) >= 11 is 0. The molecule has 0 saturated carbocycles. The minimum absolute atomic E-state index is 0.0624. The Kier molecular flexibility index (Phi) is 6.26. The van der Waals surface area contributed by atoms with Gasteiger partial charge in [0.05, 0.1) is 6.61 Å². The molecule has 4 nitrogen and oxygen atoms in total. The van der Waals surface area contributed by atoms with Crippen molar-refractivity contribution in [2.75, 3.05) is 6.61 Å². The number of rotatable bonds is 6. The molecule has 9 heteroatoms. The molecule has 0 heterocycles. The first-order valence-corrected chi connectivity index (χ1v) is 6.17. The Hall–Kier alpha value is -2.19. The van der Waals surface area contributed by atoms with E-state index in [1.165, 1.54) is 0 Å². The van der Waals surface area contributed by atoms with Crippen LogP contribution >= 0.6 is 0 Å². The van der Waals surface area contributed by atoms with Gasteiger partial charge in [0.2, 0.25) is 34.8 Å². The summed E-state index contributed by atoms with van der Waals surface area (Å²) in [6.07, 6.45) is -0.675. The maximum absolute atomic E-state index is 13.2. The molecule has 0 radical (unpaired) electrons. The summed E-state index contributed by atoms with van der Waals surface area (Å²) in [7, 11) is 0. The highest BCUT2D eigenvalue weighted by atomic mass is 19.2. The second-order valence-corrected chi connectivity index (χ2v) is 4.03. The lowest BCUT2D eigenvalue weighted by molar-refractivity contribution is -0.143. The molecule has 0 fully saturated rings. The third-order valence-corrected chi connectivity index (χ3v) is 2.45. The van der Waals surface area contributed by atoms with Gasteiger partial charge in [-0.3, -0.25) is 9.59 Å². The van der Waals surface area contributed by atoms with Gasteiger partial charge in [0.1, 0.15) is 0 Å². The van der Waals surface area contributed by atoms with Gasteiger partial charge in [0.25, 0.3) is 0 Å². The first-order valence-electron chi connectivity index (χ1n) is 6.17. The van der Waals surface area contributed by atoms with Crippen molar-refractivity contribution in [2.45, 2.75) is 26.2 Å². The van der Waals surface area contributed by atoms with Crippen molar-refractivity contribution in [3.63, 3.8) is 0 Å². The van der Waals surface area contributed by atoms with Crippen molar-refractivity contribution in [3.8, 4) is 5.75 Å². The monoisotopic (exact) mass is 326 g/mol. The average molecular weight is 326 g/mol. The Morgan fingerprint density at radius 2 is 1.27 bits per heavy atom. The van der Waals surface area contributed by atoms with Gasteiger partial charge in [-0.15, -0.1) is 0 Å². The van der Waals surface area contributed by atoms with Gasteiger partial charge in [-0.1, -0.05) is 0 Å². The summed E-state index contributed by atoms with van der Waals surface area (Å²) in [5, 5.41) is 0. The van der Waals surface area contributed by atoms with Crippen LogP contribution in [-0.4, -0.2) is 18.5 Å². The van der Waals surface area contributed by atoms with Gasteiger partial charge < -0.3 is 9.47 Å². The largest absolute Gasteiger partial charge is 0.466 e. The molecule has 0 N–H and O–H groups in total. The lowest BCUT2D eigenvalue weighted by Gasteiger charge is -2.08. The normalized spacial score (nSPS) is 10.5. The highest BCUT2D eigenvalue weighted by molar-refractivity contribution is 5.74. The molecule has 1 aromatic rings. The van der Waals surface area contributed by atoms with Crippen LogP contribution in [0.1, 0.15) is 26.2 Å². The first-order chi connectivity index (χ1) is 10.3. The van der Waals surface area contributed by atoms with Crippen LogP contribution in [0.5, 0.6) is 5.75 Å². The van der Waals surface area contributed by atoms with Crippen molar-refractivity contribution >= 4 is 11.9 Å². The molecule has 0 aliphatic rings. The molecule has 0 bridgehead atoms. The molecule has 1 aromatic carbocycles. The summed E-state index contributed by atoms with van der Waals surface area (Å²) in [5.41, 5.74) is 0. The van der Waals surface area contributed by atoms with E-state index < -0.39 is 53.2 Å². The van der Waals surface area contributed by atoms with Crippen LogP contribution in [0.2, 0.25) is 0 Å². The maximum Gasteiger partial charge on any atom is 0.311 e. The third-order valence-electron chi connectivity index (χ3n) is 2.45. The van der Waals surface area contributed by atoms with E-state index in [-0.39, 0.29) is 19.4 Å². The number of hydrogen-bond acceptors (Lipinski definition) is 4. The lowest BCUT2D eigenvalue weighted by atomic mass is 10.2. The fourth-order valence-corrected chi connectivity index (χ4v) is 1.45. The van der Waals surface area contributed by atoms with Gasteiger partial charge >= 0.3 is 11.9 Å². The third kappa shape index (κ3) is 4.15. The van der Waals surface area contributed by atoms with Crippen LogP contribution in [0.15, 0.2) is 0 Å². The van der Waals surface area contributed by atoms with E-state index in [9.17, 15) is 31.5 Å². The number of benzene rings is 1. The summed E-state index contributed by atoms with van der Waals surface area (Å²) < 4.78 is 73.7. The van der Waals surface area contributed by atoms with E-state index in [2.05, 4.69) is 9.47 Å². The topological polar surface area (TPSA) is 52.6 Å². The predicted molar refractivity (Wildman–Crippen MR) is 62.4 cm³/mol. The van der Waals surface area contributed by atoms with Crippen molar-refractivity contribution in [1.29, 1.82) is 0 Å². The molecule has 0 saturated heterocycles. The van der Waals surface area contributed by atoms with Crippen LogP contribution in [0.3, 0.4) is 0 Å². The Morgan fingerprint density at radius 1 is 0.818 bits per heavy atom. The fourth-order valence-electron chi connectivity index (χ4n) is 1.45. The molecule has 1 rings (SSSR count). The molecule has 22 heavy (non-hydrogen) atoms. The van der Waals surface area contributed by atoms with Gasteiger partial charge in [0, 0.05) is 12.8 Å². The van der Waals surface area contributed by atoms with Crippen LogP contribution in [-0.2, 0) is 14.3 Å². The van der Waals surface area contributed by atoms with E-state index in [0.29, 0.717) is 0 Å². The van der Waals surface area contributed by atoms with E-state index in [4.69, 9.17) is 0 Å². The van der Waals surface area contributed by atoms with Gasteiger partial charge in [-0.25, -0.2) is 13.2 Å². The van der Waals surface area contributed by atoms with Gasteiger partial charge in [-0.05, 0) is 13.3 Å². The van der Waals surface area contributed by atoms with E-state index in [1.807, 2.05) is 0 Å². The Morgan fingerprint density at radius 3 is 1.77 bits per heavy atom. The number of carbonyl (C=O) groups is 2. The molecule has 122 valence electrons. The SMILES string of the molecule is CCOC(=O)CCCC(=O)Oc1c(F)c(F)c(F)c(F)c1F. The number of esters is 2. The smallest absolute Gasteiger partial charge is 0.311 e. The average Bonchev–Trinajstić information content (AvgIpc) is 2.48. The summed E-state index contributed by atoms with van der Waals surface area (Å²) in [4.78, 5) is 22.3. The van der Waals surface area contributed by atoms with Gasteiger partial charge in [0.15, 0.2) is 0 Å². The summed E-state index contributed by atoms with van der Waals surface area (Å²) in [6.45, 7) is 1.73. The number of halogens is 5. The van der Waals surface area contributed by atoms with Crippen LogP contribution in [0.25, 0.3) is 0 Å². The van der Waals surface area contributed by atoms with Crippen LogP contribution in [0, 0.1) is 29.1 Å². The van der Waals surface area contributed by atoms with E-state index >= 15 is 0 Å². The van der Waals surface area contributed by atoms with Crippen molar-refractivity contribution in [3.05, 3.63) is 29.1 Å².